The van der Waals surface area contributed by atoms with Crippen LogP contribution in [0.3, 0.4) is 0 Å². The van der Waals surface area contributed by atoms with Gasteiger partial charge in [0.25, 0.3) is 0 Å². The Kier molecular flexibility index (Phi) is 3.57. The van der Waals surface area contributed by atoms with E-state index in [4.69, 9.17) is 6.42 Å². The van der Waals surface area contributed by atoms with E-state index in [0.29, 0.717) is 0 Å². The molecule has 0 aromatic heterocycles. The molecule has 1 aromatic carbocycles. The first-order valence-electron chi connectivity index (χ1n) is 6.21. The van der Waals surface area contributed by atoms with E-state index < -0.39 is 15.6 Å². The molecule has 1 aliphatic carbocycles. The summed E-state index contributed by atoms with van der Waals surface area (Å²) in [6.07, 6.45) is 7.25. The molecule has 1 saturated carbocycles. The molecular formula is C14H18N2O2S. The Morgan fingerprint density at radius 2 is 1.84 bits per heavy atom. The Labute approximate surface area is 114 Å². The smallest absolute Gasteiger partial charge is 0.240 e. The SMILES string of the molecule is C#CC(C)(C)Nc1ccc(S(=O)(=O)NC2CC2)cc1. The summed E-state index contributed by atoms with van der Waals surface area (Å²) in [5, 5.41) is 3.15. The lowest BCUT2D eigenvalue weighted by molar-refractivity contribution is 0.581. The maximum absolute atomic E-state index is 12.0. The molecule has 1 fully saturated rings. The lowest BCUT2D eigenvalue weighted by atomic mass is 10.1. The van der Waals surface area contributed by atoms with Gasteiger partial charge >= 0.3 is 0 Å². The molecule has 0 radical (unpaired) electrons. The Morgan fingerprint density at radius 3 is 2.32 bits per heavy atom. The molecule has 0 spiro atoms. The highest BCUT2D eigenvalue weighted by molar-refractivity contribution is 7.89. The minimum atomic E-state index is -3.38. The van der Waals surface area contributed by atoms with Crippen LogP contribution in [0, 0.1) is 12.3 Å². The van der Waals surface area contributed by atoms with Crippen LogP contribution in [-0.2, 0) is 10.0 Å². The van der Waals surface area contributed by atoms with Crippen LogP contribution in [0.25, 0.3) is 0 Å². The highest BCUT2D eigenvalue weighted by Gasteiger charge is 2.27. The minimum absolute atomic E-state index is 0.114. The molecule has 19 heavy (non-hydrogen) atoms. The van der Waals surface area contributed by atoms with Crippen LogP contribution in [0.15, 0.2) is 29.2 Å². The van der Waals surface area contributed by atoms with Crippen molar-refractivity contribution in [3.05, 3.63) is 24.3 Å². The zero-order valence-electron chi connectivity index (χ0n) is 11.1. The van der Waals surface area contributed by atoms with Crippen molar-refractivity contribution in [1.29, 1.82) is 0 Å². The summed E-state index contributed by atoms with van der Waals surface area (Å²) in [6, 6.07) is 6.73. The number of hydrogen-bond donors (Lipinski definition) is 2. The summed E-state index contributed by atoms with van der Waals surface area (Å²) < 4.78 is 26.6. The average Bonchev–Trinajstić information content (AvgIpc) is 3.12. The molecule has 0 amide bonds. The fraction of sp³-hybridized carbons (Fsp3) is 0.429. The minimum Gasteiger partial charge on any atom is -0.370 e. The molecule has 1 aromatic rings. The normalized spacial score (nSPS) is 15.8. The third-order valence-electron chi connectivity index (χ3n) is 2.88. The number of nitrogens with one attached hydrogen (secondary N) is 2. The van der Waals surface area contributed by atoms with Crippen molar-refractivity contribution in [2.75, 3.05) is 5.32 Å². The Hall–Kier alpha value is -1.51. The Bertz CT molecular complexity index is 593. The number of benzene rings is 1. The van der Waals surface area contributed by atoms with Gasteiger partial charge in [0.2, 0.25) is 10.0 Å². The lowest BCUT2D eigenvalue weighted by Gasteiger charge is -2.21. The predicted octanol–water partition coefficient (Wildman–Crippen LogP) is 1.95. The largest absolute Gasteiger partial charge is 0.370 e. The van der Waals surface area contributed by atoms with Gasteiger partial charge in [-0.2, -0.15) is 0 Å². The van der Waals surface area contributed by atoms with E-state index >= 15 is 0 Å². The fourth-order valence-electron chi connectivity index (χ4n) is 1.60. The Morgan fingerprint density at radius 1 is 1.26 bits per heavy atom. The van der Waals surface area contributed by atoms with Gasteiger partial charge in [-0.25, -0.2) is 13.1 Å². The van der Waals surface area contributed by atoms with Crippen molar-refractivity contribution in [2.24, 2.45) is 0 Å². The fourth-order valence-corrected chi connectivity index (χ4v) is 2.91. The molecule has 0 heterocycles. The maximum Gasteiger partial charge on any atom is 0.240 e. The second-order valence-corrected chi connectivity index (χ2v) is 7.03. The van der Waals surface area contributed by atoms with Crippen molar-refractivity contribution in [1.82, 2.24) is 4.72 Å². The summed E-state index contributed by atoms with van der Waals surface area (Å²) in [6.45, 7) is 3.76. The monoisotopic (exact) mass is 278 g/mol. The van der Waals surface area contributed by atoms with Gasteiger partial charge in [-0.05, 0) is 51.0 Å². The maximum atomic E-state index is 12.0. The molecule has 0 bridgehead atoms. The van der Waals surface area contributed by atoms with Crippen molar-refractivity contribution < 1.29 is 8.42 Å². The van der Waals surface area contributed by atoms with E-state index in [0.717, 1.165) is 18.5 Å². The molecule has 1 aliphatic rings. The van der Waals surface area contributed by atoms with E-state index in [1.807, 2.05) is 13.8 Å². The zero-order valence-corrected chi connectivity index (χ0v) is 11.9. The van der Waals surface area contributed by atoms with Gasteiger partial charge < -0.3 is 5.32 Å². The van der Waals surface area contributed by atoms with E-state index in [9.17, 15) is 8.42 Å². The first-order chi connectivity index (χ1) is 8.82. The Balaban J connectivity index is 2.12. The number of hydrogen-bond acceptors (Lipinski definition) is 3. The van der Waals surface area contributed by atoms with Crippen LogP contribution in [0.5, 0.6) is 0 Å². The quantitative estimate of drug-likeness (QED) is 0.809. The van der Waals surface area contributed by atoms with Gasteiger partial charge in [0.15, 0.2) is 0 Å². The molecule has 2 N–H and O–H groups in total. The van der Waals surface area contributed by atoms with E-state index in [1.165, 1.54) is 0 Å². The lowest BCUT2D eigenvalue weighted by Crippen LogP contribution is -2.28. The van der Waals surface area contributed by atoms with E-state index in [-0.39, 0.29) is 10.9 Å². The summed E-state index contributed by atoms with van der Waals surface area (Å²) in [4.78, 5) is 0.281. The highest BCUT2D eigenvalue weighted by atomic mass is 32.2. The molecule has 4 nitrogen and oxygen atoms in total. The zero-order chi connectivity index (χ0) is 14.1. The summed E-state index contributed by atoms with van der Waals surface area (Å²) >= 11 is 0. The van der Waals surface area contributed by atoms with Gasteiger partial charge in [-0.1, -0.05) is 5.92 Å². The van der Waals surface area contributed by atoms with Gasteiger partial charge in [0.05, 0.1) is 10.4 Å². The van der Waals surface area contributed by atoms with E-state index in [2.05, 4.69) is 16.0 Å². The molecule has 0 saturated heterocycles. The van der Waals surface area contributed by atoms with Gasteiger partial charge in [0.1, 0.15) is 0 Å². The summed E-state index contributed by atoms with van der Waals surface area (Å²) in [7, 11) is -3.38. The summed E-state index contributed by atoms with van der Waals surface area (Å²) in [5.74, 6) is 2.63. The molecule has 0 atom stereocenters. The van der Waals surface area contributed by atoms with Crippen LogP contribution >= 0.6 is 0 Å². The molecule has 2 rings (SSSR count). The van der Waals surface area contributed by atoms with Crippen molar-refractivity contribution >= 4 is 15.7 Å². The number of anilines is 1. The predicted molar refractivity (Wildman–Crippen MR) is 76.3 cm³/mol. The van der Waals surface area contributed by atoms with E-state index in [1.54, 1.807) is 24.3 Å². The number of sulfonamides is 1. The molecule has 5 heteroatoms. The van der Waals surface area contributed by atoms with Crippen molar-refractivity contribution in [3.8, 4) is 12.3 Å². The molecular weight excluding hydrogens is 260 g/mol. The molecule has 0 unspecified atom stereocenters. The number of rotatable bonds is 5. The van der Waals surface area contributed by atoms with Crippen LogP contribution in [0.2, 0.25) is 0 Å². The topological polar surface area (TPSA) is 58.2 Å². The third-order valence-corrected chi connectivity index (χ3v) is 4.42. The van der Waals surface area contributed by atoms with Crippen LogP contribution < -0.4 is 10.0 Å². The average molecular weight is 278 g/mol. The van der Waals surface area contributed by atoms with Crippen molar-refractivity contribution in [3.63, 3.8) is 0 Å². The van der Waals surface area contributed by atoms with Gasteiger partial charge in [-0.3, -0.25) is 0 Å². The molecule has 102 valence electrons. The summed E-state index contributed by atoms with van der Waals surface area (Å²) in [5.41, 5.74) is 0.334. The van der Waals surface area contributed by atoms with Crippen molar-refractivity contribution in [2.45, 2.75) is 43.2 Å². The second-order valence-electron chi connectivity index (χ2n) is 5.31. The first-order valence-corrected chi connectivity index (χ1v) is 7.69. The standard InChI is InChI=1S/C14H18N2O2S/c1-4-14(2,3)15-11-7-9-13(10-8-11)19(17,18)16-12-5-6-12/h1,7-10,12,15-16H,5-6H2,2-3H3. The van der Waals surface area contributed by atoms with Crippen LogP contribution in [0.1, 0.15) is 26.7 Å². The first kappa shape index (κ1) is 13.9. The van der Waals surface area contributed by atoms with Crippen LogP contribution in [-0.4, -0.2) is 20.0 Å². The molecule has 0 aliphatic heterocycles. The highest BCUT2D eigenvalue weighted by Crippen LogP contribution is 2.23. The third kappa shape index (κ3) is 3.72. The van der Waals surface area contributed by atoms with Gasteiger partial charge in [-0.15, -0.1) is 6.42 Å². The van der Waals surface area contributed by atoms with Crippen LogP contribution in [0.4, 0.5) is 5.69 Å². The number of terminal acetylenes is 1. The second kappa shape index (κ2) is 4.87. The van der Waals surface area contributed by atoms with Gasteiger partial charge in [0, 0.05) is 11.7 Å².